The molecule has 1 N–H and O–H groups in total. The van der Waals surface area contributed by atoms with Gasteiger partial charge in [0.2, 0.25) is 5.88 Å². The lowest BCUT2D eigenvalue weighted by Crippen LogP contribution is -2.13. The summed E-state index contributed by atoms with van der Waals surface area (Å²) in [7, 11) is 0. The quantitative estimate of drug-likeness (QED) is 0.286. The van der Waals surface area contributed by atoms with Gasteiger partial charge in [-0.3, -0.25) is 4.98 Å². The number of hydrogen-bond donors (Lipinski definition) is 1. The molecule has 0 saturated carbocycles. The van der Waals surface area contributed by atoms with Gasteiger partial charge in [0, 0.05) is 35.1 Å². The zero-order valence-corrected chi connectivity index (χ0v) is 18.2. The smallest absolute Gasteiger partial charge is 0.227 e. The number of pyridine rings is 1. The Bertz CT molecular complexity index is 1300. The summed E-state index contributed by atoms with van der Waals surface area (Å²) in [6.45, 7) is 1.76. The Morgan fingerprint density at radius 1 is 1.06 bits per heavy atom. The van der Waals surface area contributed by atoms with Gasteiger partial charge in [-0.05, 0) is 24.6 Å². The number of halogens is 1. The van der Waals surface area contributed by atoms with Crippen LogP contribution in [0.15, 0.2) is 65.8 Å². The standard InChI is InChI=1S/C25H20FN3O2S/c1-15-22-20(18(13-30)12-27-15)11-21-24(31-22)28-23(17-7-3-2-4-8-17)29-25(21)32-14-16-6-5-9-19(26)10-16/h2-10,12,30H,11,13-14H2,1H3. The molecule has 5 nitrogen and oxygen atoms in total. The number of rotatable bonds is 5. The van der Waals surface area contributed by atoms with Gasteiger partial charge in [0.15, 0.2) is 11.6 Å². The van der Waals surface area contributed by atoms with E-state index in [-0.39, 0.29) is 12.4 Å². The molecule has 1 aliphatic heterocycles. The summed E-state index contributed by atoms with van der Waals surface area (Å²) in [5.41, 5.74) is 4.99. The third-order valence-electron chi connectivity index (χ3n) is 5.35. The second-order valence-electron chi connectivity index (χ2n) is 7.53. The number of benzene rings is 2. The van der Waals surface area contributed by atoms with Gasteiger partial charge in [0.1, 0.15) is 10.8 Å². The lowest BCUT2D eigenvalue weighted by molar-refractivity contribution is 0.278. The van der Waals surface area contributed by atoms with Crippen LogP contribution in [0.4, 0.5) is 4.39 Å². The van der Waals surface area contributed by atoms with Crippen LogP contribution in [0, 0.1) is 12.7 Å². The minimum atomic E-state index is -0.259. The Morgan fingerprint density at radius 3 is 2.69 bits per heavy atom. The number of hydrogen-bond acceptors (Lipinski definition) is 6. The Balaban J connectivity index is 1.59. The van der Waals surface area contributed by atoms with Gasteiger partial charge in [-0.15, -0.1) is 11.8 Å². The highest BCUT2D eigenvalue weighted by Crippen LogP contribution is 2.43. The van der Waals surface area contributed by atoms with Crippen LogP contribution in [0.3, 0.4) is 0 Å². The van der Waals surface area contributed by atoms with E-state index in [0.29, 0.717) is 29.6 Å². The van der Waals surface area contributed by atoms with Gasteiger partial charge in [0.25, 0.3) is 0 Å². The first-order valence-corrected chi connectivity index (χ1v) is 11.2. The van der Waals surface area contributed by atoms with E-state index in [2.05, 4.69) is 4.98 Å². The predicted octanol–water partition coefficient (Wildman–Crippen LogP) is 5.47. The van der Waals surface area contributed by atoms with E-state index in [0.717, 1.165) is 38.5 Å². The van der Waals surface area contributed by atoms with Crippen molar-refractivity contribution >= 4 is 11.8 Å². The molecule has 1 aliphatic rings. The number of aliphatic hydroxyl groups excluding tert-OH is 1. The first-order chi connectivity index (χ1) is 15.6. The van der Waals surface area contributed by atoms with E-state index in [1.54, 1.807) is 12.3 Å². The molecule has 0 fully saturated rings. The van der Waals surface area contributed by atoms with E-state index >= 15 is 0 Å². The van der Waals surface area contributed by atoms with E-state index in [4.69, 9.17) is 14.7 Å². The molecule has 3 heterocycles. The van der Waals surface area contributed by atoms with Crippen molar-refractivity contribution in [3.63, 3.8) is 0 Å². The minimum Gasteiger partial charge on any atom is -0.436 e. The number of aliphatic hydroxyl groups is 1. The lowest BCUT2D eigenvalue weighted by Gasteiger charge is -2.24. The van der Waals surface area contributed by atoms with E-state index in [1.807, 2.05) is 43.3 Å². The predicted molar refractivity (Wildman–Crippen MR) is 121 cm³/mol. The maximum Gasteiger partial charge on any atom is 0.227 e. The minimum absolute atomic E-state index is 0.122. The van der Waals surface area contributed by atoms with E-state index < -0.39 is 0 Å². The molecule has 0 aliphatic carbocycles. The first kappa shape index (κ1) is 20.6. The van der Waals surface area contributed by atoms with Crippen molar-refractivity contribution < 1.29 is 14.2 Å². The number of ether oxygens (including phenoxy) is 1. The summed E-state index contributed by atoms with van der Waals surface area (Å²) in [4.78, 5) is 13.9. The Kier molecular flexibility index (Phi) is 5.59. The zero-order valence-electron chi connectivity index (χ0n) is 17.4. The molecule has 32 heavy (non-hydrogen) atoms. The molecular weight excluding hydrogens is 425 g/mol. The van der Waals surface area contributed by atoms with Crippen LogP contribution in [-0.4, -0.2) is 20.1 Å². The van der Waals surface area contributed by atoms with Crippen LogP contribution in [-0.2, 0) is 18.8 Å². The normalized spacial score (nSPS) is 12.1. The SMILES string of the molecule is Cc1ncc(CO)c2c1Oc1nc(-c3ccccc3)nc(SCc3cccc(F)c3)c1C2. The van der Waals surface area contributed by atoms with Crippen molar-refractivity contribution in [3.8, 4) is 23.0 Å². The second kappa shape index (κ2) is 8.68. The van der Waals surface area contributed by atoms with Crippen molar-refractivity contribution in [2.45, 2.75) is 30.7 Å². The fourth-order valence-corrected chi connectivity index (χ4v) is 4.68. The molecule has 2 aromatic heterocycles. The van der Waals surface area contributed by atoms with Crippen LogP contribution in [0.2, 0.25) is 0 Å². The average Bonchev–Trinajstić information content (AvgIpc) is 2.82. The van der Waals surface area contributed by atoms with Crippen molar-refractivity contribution in [2.75, 3.05) is 0 Å². The number of fused-ring (bicyclic) bond motifs is 2. The number of aromatic nitrogens is 3. The third-order valence-corrected chi connectivity index (χ3v) is 6.44. The maximum absolute atomic E-state index is 13.7. The number of aryl methyl sites for hydroxylation is 1. The molecule has 160 valence electrons. The summed E-state index contributed by atoms with van der Waals surface area (Å²) in [6, 6.07) is 16.3. The van der Waals surface area contributed by atoms with Crippen LogP contribution < -0.4 is 4.74 Å². The first-order valence-electron chi connectivity index (χ1n) is 10.2. The summed E-state index contributed by atoms with van der Waals surface area (Å²) in [5, 5.41) is 10.6. The number of thioether (sulfide) groups is 1. The summed E-state index contributed by atoms with van der Waals surface area (Å²) in [5.74, 6) is 2.00. The molecule has 0 atom stereocenters. The lowest BCUT2D eigenvalue weighted by atomic mass is 9.99. The molecule has 0 unspecified atom stereocenters. The molecule has 0 saturated heterocycles. The van der Waals surface area contributed by atoms with Gasteiger partial charge < -0.3 is 9.84 Å². The molecule has 5 rings (SSSR count). The highest BCUT2D eigenvalue weighted by atomic mass is 32.2. The van der Waals surface area contributed by atoms with Crippen LogP contribution in [0.25, 0.3) is 11.4 Å². The van der Waals surface area contributed by atoms with Gasteiger partial charge >= 0.3 is 0 Å². The maximum atomic E-state index is 13.7. The Labute approximate surface area is 189 Å². The third kappa shape index (κ3) is 3.97. The van der Waals surface area contributed by atoms with Gasteiger partial charge in [0.05, 0.1) is 17.9 Å². The highest BCUT2D eigenvalue weighted by molar-refractivity contribution is 7.98. The van der Waals surface area contributed by atoms with Crippen LogP contribution in [0.5, 0.6) is 11.6 Å². The molecule has 0 spiro atoms. The molecule has 7 heteroatoms. The van der Waals surface area contributed by atoms with Crippen LogP contribution >= 0.6 is 11.8 Å². The van der Waals surface area contributed by atoms with Gasteiger partial charge in [-0.25, -0.2) is 9.37 Å². The van der Waals surface area contributed by atoms with Gasteiger partial charge in [-0.2, -0.15) is 4.98 Å². The summed E-state index contributed by atoms with van der Waals surface area (Å²) >= 11 is 1.52. The molecule has 0 radical (unpaired) electrons. The second-order valence-corrected chi connectivity index (χ2v) is 8.50. The zero-order chi connectivity index (χ0) is 22.1. The molecule has 2 aromatic carbocycles. The van der Waals surface area contributed by atoms with E-state index in [9.17, 15) is 9.50 Å². The molecule has 0 amide bonds. The summed E-state index contributed by atoms with van der Waals surface area (Å²) in [6.07, 6.45) is 2.21. The largest absolute Gasteiger partial charge is 0.436 e. The van der Waals surface area contributed by atoms with E-state index in [1.165, 1.54) is 23.9 Å². The molecular formula is C25H20FN3O2S. The Hall–Kier alpha value is -3.29. The summed E-state index contributed by atoms with van der Waals surface area (Å²) < 4.78 is 19.9. The van der Waals surface area contributed by atoms with Crippen LogP contribution in [0.1, 0.15) is 27.9 Å². The van der Waals surface area contributed by atoms with Gasteiger partial charge in [-0.1, -0.05) is 42.5 Å². The van der Waals surface area contributed by atoms with Crippen molar-refractivity contribution in [1.29, 1.82) is 0 Å². The Morgan fingerprint density at radius 2 is 1.91 bits per heavy atom. The monoisotopic (exact) mass is 445 g/mol. The molecule has 0 bridgehead atoms. The fourth-order valence-electron chi connectivity index (χ4n) is 3.71. The van der Waals surface area contributed by atoms with Crippen molar-refractivity contribution in [1.82, 2.24) is 15.0 Å². The highest BCUT2D eigenvalue weighted by Gasteiger charge is 2.27. The van der Waals surface area contributed by atoms with Crippen molar-refractivity contribution in [3.05, 3.63) is 94.6 Å². The average molecular weight is 446 g/mol. The fraction of sp³-hybridized carbons (Fsp3) is 0.160. The number of nitrogens with zero attached hydrogens (tertiary/aromatic N) is 3. The topological polar surface area (TPSA) is 68.1 Å². The molecule has 4 aromatic rings. The van der Waals surface area contributed by atoms with Crippen molar-refractivity contribution in [2.24, 2.45) is 0 Å².